The molecule has 1 saturated heterocycles. The van der Waals surface area contributed by atoms with E-state index in [2.05, 4.69) is 34.5 Å². The van der Waals surface area contributed by atoms with Gasteiger partial charge < -0.3 is 9.47 Å². The third kappa shape index (κ3) is 2.70. The molecule has 2 aromatic rings. The number of rotatable bonds is 4. The van der Waals surface area contributed by atoms with Crippen molar-refractivity contribution in [1.82, 2.24) is 19.4 Å². The summed E-state index contributed by atoms with van der Waals surface area (Å²) in [4.78, 5) is 11.8. The van der Waals surface area contributed by atoms with Crippen LogP contribution in [0.4, 0.5) is 0 Å². The van der Waals surface area contributed by atoms with Crippen LogP contribution in [-0.4, -0.2) is 39.6 Å². The van der Waals surface area contributed by atoms with Crippen molar-refractivity contribution in [2.45, 2.75) is 39.2 Å². The molecule has 3 rings (SSSR count). The van der Waals surface area contributed by atoms with Gasteiger partial charge in [-0.3, -0.25) is 0 Å². The molecule has 3 heterocycles. The van der Waals surface area contributed by atoms with Crippen molar-refractivity contribution in [2.24, 2.45) is 5.92 Å². The maximum atomic E-state index is 4.77. The number of hydrogen-bond acceptors (Lipinski definition) is 3. The number of imidazole rings is 1. The molecule has 0 bridgehead atoms. The number of pyridine rings is 1. The van der Waals surface area contributed by atoms with E-state index in [4.69, 9.17) is 4.98 Å². The van der Waals surface area contributed by atoms with E-state index in [0.717, 1.165) is 36.5 Å². The van der Waals surface area contributed by atoms with Gasteiger partial charge in [0.05, 0.1) is 0 Å². The molecule has 0 aromatic carbocycles. The molecule has 0 N–H and O–H groups in total. The fourth-order valence-corrected chi connectivity index (χ4v) is 3.29. The Kier molecular flexibility index (Phi) is 4.01. The summed E-state index contributed by atoms with van der Waals surface area (Å²) in [5, 5.41) is 0. The molecule has 0 radical (unpaired) electrons. The van der Waals surface area contributed by atoms with Crippen LogP contribution >= 0.6 is 0 Å². The first kappa shape index (κ1) is 13.6. The lowest BCUT2D eigenvalue weighted by Crippen LogP contribution is -2.34. The summed E-state index contributed by atoms with van der Waals surface area (Å²) in [6.45, 7) is 5.71. The van der Waals surface area contributed by atoms with Crippen molar-refractivity contribution in [1.29, 1.82) is 0 Å². The monoisotopic (exact) mass is 272 g/mol. The summed E-state index contributed by atoms with van der Waals surface area (Å²) < 4.78 is 2.36. The van der Waals surface area contributed by atoms with Crippen LogP contribution in [0.15, 0.2) is 18.3 Å². The van der Waals surface area contributed by atoms with E-state index in [9.17, 15) is 0 Å². The number of fused-ring (bicyclic) bond motifs is 1. The molecule has 108 valence electrons. The molecule has 4 heteroatoms. The van der Waals surface area contributed by atoms with Crippen LogP contribution in [0.2, 0.25) is 0 Å². The highest BCUT2D eigenvalue weighted by atomic mass is 15.1. The van der Waals surface area contributed by atoms with Crippen LogP contribution in [0.3, 0.4) is 0 Å². The first-order valence-electron chi connectivity index (χ1n) is 7.76. The molecular formula is C16H24N4. The van der Waals surface area contributed by atoms with E-state index in [1.165, 1.54) is 31.8 Å². The molecule has 20 heavy (non-hydrogen) atoms. The molecule has 0 aliphatic carbocycles. The molecule has 1 fully saturated rings. The summed E-state index contributed by atoms with van der Waals surface area (Å²) in [7, 11) is 2.23. The van der Waals surface area contributed by atoms with Gasteiger partial charge in [-0.05, 0) is 50.9 Å². The van der Waals surface area contributed by atoms with Crippen molar-refractivity contribution >= 4 is 11.2 Å². The van der Waals surface area contributed by atoms with Gasteiger partial charge in [0.25, 0.3) is 0 Å². The standard InChI is InChI=1S/C16H24N4/c1-3-6-15-18-14-8-4-9-17-16(14)20(15)12-13-7-5-10-19(2)11-13/h4,8-9,13H,3,5-7,10-12H2,1-2H3. The van der Waals surface area contributed by atoms with Crippen molar-refractivity contribution in [3.8, 4) is 0 Å². The van der Waals surface area contributed by atoms with Crippen LogP contribution in [0, 0.1) is 5.92 Å². The average molecular weight is 272 g/mol. The largest absolute Gasteiger partial charge is 0.312 e. The number of likely N-dealkylation sites (tertiary alicyclic amines) is 1. The van der Waals surface area contributed by atoms with Gasteiger partial charge in [0, 0.05) is 25.7 Å². The highest BCUT2D eigenvalue weighted by Gasteiger charge is 2.20. The molecule has 0 saturated carbocycles. The molecule has 1 aliphatic rings. The second-order valence-electron chi connectivity index (χ2n) is 6.01. The predicted molar refractivity (Wildman–Crippen MR) is 81.7 cm³/mol. The van der Waals surface area contributed by atoms with Crippen LogP contribution in [0.5, 0.6) is 0 Å². The van der Waals surface area contributed by atoms with E-state index >= 15 is 0 Å². The van der Waals surface area contributed by atoms with Gasteiger partial charge in [0.15, 0.2) is 5.65 Å². The maximum absolute atomic E-state index is 4.77. The van der Waals surface area contributed by atoms with Gasteiger partial charge in [0.1, 0.15) is 11.3 Å². The van der Waals surface area contributed by atoms with Gasteiger partial charge >= 0.3 is 0 Å². The summed E-state index contributed by atoms with van der Waals surface area (Å²) in [6.07, 6.45) is 6.68. The van der Waals surface area contributed by atoms with Crippen molar-refractivity contribution in [3.63, 3.8) is 0 Å². The fourth-order valence-electron chi connectivity index (χ4n) is 3.29. The summed E-state index contributed by atoms with van der Waals surface area (Å²) in [6, 6.07) is 4.05. The first-order chi connectivity index (χ1) is 9.78. The highest BCUT2D eigenvalue weighted by molar-refractivity contribution is 5.71. The van der Waals surface area contributed by atoms with E-state index in [1.54, 1.807) is 0 Å². The molecule has 0 spiro atoms. The number of aromatic nitrogens is 3. The normalized spacial score (nSPS) is 20.6. The van der Waals surface area contributed by atoms with E-state index in [-0.39, 0.29) is 0 Å². The van der Waals surface area contributed by atoms with Crippen LogP contribution in [0.25, 0.3) is 11.2 Å². The number of hydrogen-bond donors (Lipinski definition) is 0. The van der Waals surface area contributed by atoms with Gasteiger partial charge in [-0.15, -0.1) is 0 Å². The molecule has 1 atom stereocenters. The van der Waals surface area contributed by atoms with Crippen molar-refractivity contribution in [3.05, 3.63) is 24.2 Å². The lowest BCUT2D eigenvalue weighted by molar-refractivity contribution is 0.194. The molecular weight excluding hydrogens is 248 g/mol. The Labute approximate surface area is 120 Å². The summed E-state index contributed by atoms with van der Waals surface area (Å²) >= 11 is 0. The number of piperidine rings is 1. The number of aryl methyl sites for hydroxylation is 1. The second-order valence-corrected chi connectivity index (χ2v) is 6.01. The van der Waals surface area contributed by atoms with Crippen LogP contribution < -0.4 is 0 Å². The second kappa shape index (κ2) is 5.92. The zero-order valence-corrected chi connectivity index (χ0v) is 12.5. The molecule has 1 unspecified atom stereocenters. The van der Waals surface area contributed by atoms with Crippen molar-refractivity contribution < 1.29 is 0 Å². The van der Waals surface area contributed by atoms with Gasteiger partial charge in [0.2, 0.25) is 0 Å². The molecule has 2 aromatic heterocycles. The average Bonchev–Trinajstić information content (AvgIpc) is 2.78. The Morgan fingerprint density at radius 1 is 1.40 bits per heavy atom. The third-order valence-electron chi connectivity index (χ3n) is 4.22. The SMILES string of the molecule is CCCc1nc2cccnc2n1CC1CCCN(C)C1. The lowest BCUT2D eigenvalue weighted by Gasteiger charge is -2.30. The summed E-state index contributed by atoms with van der Waals surface area (Å²) in [5.74, 6) is 1.93. The zero-order chi connectivity index (χ0) is 13.9. The lowest BCUT2D eigenvalue weighted by atomic mass is 9.98. The Balaban J connectivity index is 1.90. The van der Waals surface area contributed by atoms with Gasteiger partial charge in [-0.2, -0.15) is 0 Å². The fraction of sp³-hybridized carbons (Fsp3) is 0.625. The summed E-state index contributed by atoms with van der Waals surface area (Å²) in [5.41, 5.74) is 2.10. The Morgan fingerprint density at radius 3 is 3.10 bits per heavy atom. The molecule has 4 nitrogen and oxygen atoms in total. The van der Waals surface area contributed by atoms with E-state index < -0.39 is 0 Å². The van der Waals surface area contributed by atoms with E-state index in [0.29, 0.717) is 0 Å². The van der Waals surface area contributed by atoms with E-state index in [1.807, 2.05) is 12.3 Å². The van der Waals surface area contributed by atoms with Crippen molar-refractivity contribution in [2.75, 3.05) is 20.1 Å². The molecule has 0 amide bonds. The van der Waals surface area contributed by atoms with Crippen LogP contribution in [-0.2, 0) is 13.0 Å². The topological polar surface area (TPSA) is 34.0 Å². The Hall–Kier alpha value is -1.42. The number of nitrogens with zero attached hydrogens (tertiary/aromatic N) is 4. The smallest absolute Gasteiger partial charge is 0.159 e. The quantitative estimate of drug-likeness (QED) is 0.858. The first-order valence-corrected chi connectivity index (χ1v) is 7.76. The van der Waals surface area contributed by atoms with Gasteiger partial charge in [-0.1, -0.05) is 6.92 Å². The minimum Gasteiger partial charge on any atom is -0.312 e. The zero-order valence-electron chi connectivity index (χ0n) is 12.5. The molecule has 1 aliphatic heterocycles. The van der Waals surface area contributed by atoms with Gasteiger partial charge in [-0.25, -0.2) is 9.97 Å². The predicted octanol–water partition coefficient (Wildman–Crippen LogP) is 2.73. The maximum Gasteiger partial charge on any atom is 0.159 e. The minimum atomic E-state index is 0.726. The third-order valence-corrected chi connectivity index (χ3v) is 4.22. The minimum absolute atomic E-state index is 0.726. The Morgan fingerprint density at radius 2 is 2.30 bits per heavy atom. The highest BCUT2D eigenvalue weighted by Crippen LogP contribution is 2.21. The van der Waals surface area contributed by atoms with Crippen LogP contribution in [0.1, 0.15) is 32.0 Å². The Bertz CT molecular complexity index is 575.